The Morgan fingerprint density at radius 1 is 1.15 bits per heavy atom. The Kier molecular flexibility index (Phi) is 9.52. The van der Waals surface area contributed by atoms with Gasteiger partial charge in [0, 0.05) is 23.9 Å². The topological polar surface area (TPSA) is 110 Å². The quantitative estimate of drug-likeness (QED) is 0.349. The van der Waals surface area contributed by atoms with Crippen LogP contribution in [-0.4, -0.2) is 52.6 Å². The Hall–Kier alpha value is -3.70. The van der Waals surface area contributed by atoms with Gasteiger partial charge in [-0.15, -0.1) is 0 Å². The van der Waals surface area contributed by atoms with E-state index in [0.717, 1.165) is 5.56 Å². The van der Waals surface area contributed by atoms with Gasteiger partial charge in [0.15, 0.2) is 6.73 Å². The van der Waals surface area contributed by atoms with Gasteiger partial charge in [-0.25, -0.2) is 9.18 Å². The maximum atomic E-state index is 13.6. The van der Waals surface area contributed by atoms with Crippen molar-refractivity contribution in [2.45, 2.75) is 39.8 Å². The molecule has 0 radical (unpaired) electrons. The van der Waals surface area contributed by atoms with Crippen LogP contribution in [0.4, 0.5) is 9.18 Å². The Bertz CT molecular complexity index is 1430. The van der Waals surface area contributed by atoms with Crippen LogP contribution in [0.5, 0.6) is 5.75 Å². The minimum absolute atomic E-state index is 0.0274. The highest BCUT2D eigenvalue weighted by atomic mass is 79.9. The van der Waals surface area contributed by atoms with E-state index in [4.69, 9.17) is 9.47 Å². The molecule has 0 saturated heterocycles. The van der Waals surface area contributed by atoms with E-state index in [0.29, 0.717) is 22.5 Å². The van der Waals surface area contributed by atoms with Crippen LogP contribution in [0, 0.1) is 19.7 Å². The lowest BCUT2D eigenvalue weighted by Crippen LogP contribution is -2.38. The third-order valence-electron chi connectivity index (χ3n) is 5.76. The number of halogens is 2. The van der Waals surface area contributed by atoms with E-state index < -0.39 is 23.1 Å². The number of hydrogen-bond donors (Lipinski definition) is 2. The van der Waals surface area contributed by atoms with Crippen LogP contribution in [0.15, 0.2) is 57.8 Å². The van der Waals surface area contributed by atoms with Gasteiger partial charge in [0.05, 0.1) is 24.9 Å². The van der Waals surface area contributed by atoms with Crippen molar-refractivity contribution in [2.75, 3.05) is 20.4 Å². The summed E-state index contributed by atoms with van der Waals surface area (Å²) in [7, 11) is 1.23. The van der Waals surface area contributed by atoms with Crippen molar-refractivity contribution in [1.29, 1.82) is 0 Å². The summed E-state index contributed by atoms with van der Waals surface area (Å²) < 4.78 is 25.8. The summed E-state index contributed by atoms with van der Waals surface area (Å²) >= 11 is 3.31. The summed E-state index contributed by atoms with van der Waals surface area (Å²) in [5, 5.41) is 12.6. The second-order valence-electron chi connectivity index (χ2n) is 9.67. The highest BCUT2D eigenvalue weighted by molar-refractivity contribution is 9.10. The number of ether oxygens (including phenoxy) is 2. The molecule has 0 unspecified atom stereocenters. The van der Waals surface area contributed by atoms with Crippen LogP contribution < -0.4 is 15.6 Å². The predicted molar refractivity (Wildman–Crippen MR) is 148 cm³/mol. The highest BCUT2D eigenvalue weighted by Crippen LogP contribution is 2.26. The molecule has 0 bridgehead atoms. The van der Waals surface area contributed by atoms with Gasteiger partial charge in [0.1, 0.15) is 16.0 Å². The number of carbonyl (C=O) groups is 2. The van der Waals surface area contributed by atoms with Gasteiger partial charge >= 0.3 is 6.09 Å². The van der Waals surface area contributed by atoms with E-state index in [-0.39, 0.29) is 35.9 Å². The van der Waals surface area contributed by atoms with Crippen molar-refractivity contribution >= 4 is 27.9 Å². The Morgan fingerprint density at radius 3 is 2.51 bits per heavy atom. The number of nitrogens with zero attached hydrogens (tertiary/aromatic N) is 2. The van der Waals surface area contributed by atoms with Crippen molar-refractivity contribution in [3.05, 3.63) is 91.6 Å². The lowest BCUT2D eigenvalue weighted by Gasteiger charge is -2.23. The molecule has 9 nitrogen and oxygen atoms in total. The number of benzene rings is 2. The summed E-state index contributed by atoms with van der Waals surface area (Å²) in [4.78, 5) is 39.6. The van der Waals surface area contributed by atoms with Crippen LogP contribution in [-0.2, 0) is 11.3 Å². The predicted octanol–water partition coefficient (Wildman–Crippen LogP) is 4.46. The monoisotopic (exact) mass is 603 g/mol. The molecule has 0 aliphatic heterocycles. The van der Waals surface area contributed by atoms with Crippen molar-refractivity contribution < 1.29 is 28.6 Å². The van der Waals surface area contributed by atoms with Crippen molar-refractivity contribution in [1.82, 2.24) is 14.8 Å². The zero-order valence-electron chi connectivity index (χ0n) is 22.4. The second kappa shape index (κ2) is 12.4. The maximum absolute atomic E-state index is 13.6. The minimum atomic E-state index is -1.07. The van der Waals surface area contributed by atoms with Crippen LogP contribution in [0.3, 0.4) is 0 Å². The first-order valence-corrected chi connectivity index (χ1v) is 12.8. The summed E-state index contributed by atoms with van der Waals surface area (Å²) in [6, 6.07) is 12.4. The SMILES string of the molecule is COC(=O)N(COc1cc(C)n(-c2cc(C(=O)NCC(C)(C)O)ccc2C)c(=O)c1Br)Cc1cccc(F)c1. The first kappa shape index (κ1) is 29.9. The van der Waals surface area contributed by atoms with Gasteiger partial charge in [-0.3, -0.25) is 19.1 Å². The van der Waals surface area contributed by atoms with E-state index in [9.17, 15) is 23.9 Å². The van der Waals surface area contributed by atoms with E-state index >= 15 is 0 Å². The van der Waals surface area contributed by atoms with Gasteiger partial charge in [0.25, 0.3) is 11.5 Å². The highest BCUT2D eigenvalue weighted by Gasteiger charge is 2.20. The van der Waals surface area contributed by atoms with Crippen molar-refractivity contribution in [3.8, 4) is 11.4 Å². The van der Waals surface area contributed by atoms with Crippen LogP contribution >= 0.6 is 15.9 Å². The van der Waals surface area contributed by atoms with E-state index in [1.807, 2.05) is 6.92 Å². The molecule has 0 spiro atoms. The Balaban J connectivity index is 1.88. The van der Waals surface area contributed by atoms with Crippen LogP contribution in [0.2, 0.25) is 0 Å². The number of nitrogens with one attached hydrogen (secondary N) is 1. The lowest BCUT2D eigenvalue weighted by atomic mass is 10.1. The lowest BCUT2D eigenvalue weighted by molar-refractivity contribution is 0.0694. The number of pyridine rings is 1. The first-order valence-electron chi connectivity index (χ1n) is 12.0. The maximum Gasteiger partial charge on any atom is 0.412 e. The molecule has 208 valence electrons. The van der Waals surface area contributed by atoms with Crippen molar-refractivity contribution in [2.24, 2.45) is 0 Å². The van der Waals surface area contributed by atoms with Gasteiger partial charge in [0.2, 0.25) is 0 Å². The van der Waals surface area contributed by atoms with Gasteiger partial charge in [-0.05, 0) is 79.0 Å². The van der Waals surface area contributed by atoms with E-state index in [1.54, 1.807) is 51.1 Å². The number of rotatable bonds is 9. The molecule has 39 heavy (non-hydrogen) atoms. The molecule has 3 rings (SSSR count). The molecular formula is C28H31BrFN3O6. The van der Waals surface area contributed by atoms with Gasteiger partial charge in [-0.1, -0.05) is 18.2 Å². The van der Waals surface area contributed by atoms with E-state index in [1.165, 1.54) is 34.8 Å². The Labute approximate surface area is 234 Å². The normalized spacial score (nSPS) is 11.2. The third kappa shape index (κ3) is 7.67. The van der Waals surface area contributed by atoms with Crippen molar-refractivity contribution in [3.63, 3.8) is 0 Å². The average Bonchev–Trinajstić information content (AvgIpc) is 2.87. The van der Waals surface area contributed by atoms with E-state index in [2.05, 4.69) is 21.2 Å². The zero-order valence-corrected chi connectivity index (χ0v) is 24.0. The fourth-order valence-corrected chi connectivity index (χ4v) is 4.18. The number of aryl methyl sites for hydroxylation is 2. The molecule has 0 saturated carbocycles. The molecule has 2 aromatic carbocycles. The molecule has 0 aliphatic rings. The molecule has 2 N–H and O–H groups in total. The number of aliphatic hydroxyl groups is 1. The first-order chi connectivity index (χ1) is 18.3. The number of carbonyl (C=O) groups excluding carboxylic acids is 2. The Morgan fingerprint density at radius 2 is 1.87 bits per heavy atom. The summed E-state index contributed by atoms with van der Waals surface area (Å²) in [5.41, 5.74) is 1.14. The fourth-order valence-electron chi connectivity index (χ4n) is 3.77. The molecular weight excluding hydrogens is 573 g/mol. The molecule has 2 amide bonds. The number of methoxy groups -OCH3 is 1. The second-order valence-corrected chi connectivity index (χ2v) is 10.5. The smallest absolute Gasteiger partial charge is 0.412 e. The molecule has 1 aromatic heterocycles. The van der Waals surface area contributed by atoms with Gasteiger partial charge < -0.3 is 19.9 Å². The molecule has 1 heterocycles. The average molecular weight is 604 g/mol. The number of amides is 2. The van der Waals surface area contributed by atoms with Gasteiger partial charge in [-0.2, -0.15) is 0 Å². The summed E-state index contributed by atoms with van der Waals surface area (Å²) in [6.07, 6.45) is -0.684. The molecule has 0 fully saturated rings. The van der Waals surface area contributed by atoms with Crippen LogP contribution in [0.25, 0.3) is 5.69 Å². The zero-order chi connectivity index (χ0) is 28.9. The molecule has 0 aliphatic carbocycles. The summed E-state index contributed by atoms with van der Waals surface area (Å²) in [5.74, 6) is -0.628. The summed E-state index contributed by atoms with van der Waals surface area (Å²) in [6.45, 7) is 6.53. The fraction of sp³-hybridized carbons (Fsp3) is 0.321. The largest absolute Gasteiger partial charge is 0.471 e. The molecule has 11 heteroatoms. The minimum Gasteiger partial charge on any atom is -0.471 e. The standard InChI is InChI=1S/C28H31BrFN3O6/c1-17-9-10-20(25(34)31-15-28(3,4)37)13-22(17)33-18(2)11-23(24(29)26(33)35)39-16-32(27(36)38-5)14-19-7-6-8-21(30)12-19/h6-13,37H,14-16H2,1-5H3,(H,31,34). The molecule has 3 aromatic rings. The molecule has 0 atom stereocenters. The number of aromatic nitrogens is 1. The number of hydrogen-bond acceptors (Lipinski definition) is 6. The van der Waals surface area contributed by atoms with Crippen LogP contribution in [0.1, 0.15) is 41.0 Å². The third-order valence-corrected chi connectivity index (χ3v) is 6.49.